The number of primary amides is 1. The Hall–Kier alpha value is -5.21. The van der Waals surface area contributed by atoms with Crippen LogP contribution >= 0.6 is 0 Å². The van der Waals surface area contributed by atoms with E-state index in [2.05, 4.69) is 15.0 Å². The number of nitrogens with zero attached hydrogens (tertiary/aromatic N) is 6. The minimum Gasteiger partial charge on any atom is -0.364 e. The number of anilines is 2. The lowest BCUT2D eigenvalue weighted by Gasteiger charge is -2.26. The number of benzene rings is 3. The lowest BCUT2D eigenvalue weighted by molar-refractivity contribution is 0.0996. The van der Waals surface area contributed by atoms with Gasteiger partial charge >= 0.3 is 0 Å². The summed E-state index contributed by atoms with van der Waals surface area (Å²) >= 11 is 0. The van der Waals surface area contributed by atoms with Gasteiger partial charge in [0.2, 0.25) is 0 Å². The number of amides is 1. The van der Waals surface area contributed by atoms with E-state index in [0.717, 1.165) is 29.4 Å². The SMILES string of the molecule is CN(C)CCCN(c1ccncc1)c1ccc(-c2ccc3c(C(N)=O)nn(-c4ccc(F)c(C#N)c4)c3c2F)c(F)c1. The molecule has 0 saturated heterocycles. The Morgan fingerprint density at radius 1 is 0.929 bits per heavy atom. The van der Waals surface area contributed by atoms with Crippen molar-refractivity contribution in [2.75, 3.05) is 32.1 Å². The van der Waals surface area contributed by atoms with E-state index < -0.39 is 23.4 Å². The van der Waals surface area contributed by atoms with Gasteiger partial charge in [0.05, 0.1) is 11.3 Å². The Morgan fingerprint density at radius 2 is 1.67 bits per heavy atom. The van der Waals surface area contributed by atoms with Gasteiger partial charge in [0, 0.05) is 46.8 Å². The van der Waals surface area contributed by atoms with E-state index >= 15 is 8.78 Å². The molecule has 0 bridgehead atoms. The molecule has 0 aliphatic carbocycles. The Bertz CT molecular complexity index is 1830. The van der Waals surface area contributed by atoms with E-state index in [9.17, 15) is 14.4 Å². The van der Waals surface area contributed by atoms with Crippen molar-refractivity contribution in [2.45, 2.75) is 6.42 Å². The maximum absolute atomic E-state index is 16.2. The predicted octanol–water partition coefficient (Wildman–Crippen LogP) is 5.57. The van der Waals surface area contributed by atoms with Crippen LogP contribution in [0.15, 0.2) is 73.1 Å². The third-order valence-electron chi connectivity index (χ3n) is 6.85. The highest BCUT2D eigenvalue weighted by Crippen LogP contribution is 2.36. The summed E-state index contributed by atoms with van der Waals surface area (Å²) in [7, 11) is 3.96. The molecular formula is C31H26F3N7O. The van der Waals surface area contributed by atoms with Crippen LogP contribution < -0.4 is 10.6 Å². The van der Waals surface area contributed by atoms with Gasteiger partial charge in [0.25, 0.3) is 5.91 Å². The minimum absolute atomic E-state index is 0.00804. The monoisotopic (exact) mass is 569 g/mol. The van der Waals surface area contributed by atoms with Crippen molar-refractivity contribution in [3.05, 3.63) is 102 Å². The van der Waals surface area contributed by atoms with Gasteiger partial charge in [-0.25, -0.2) is 17.9 Å². The van der Waals surface area contributed by atoms with Crippen LogP contribution in [0.25, 0.3) is 27.7 Å². The number of rotatable bonds is 9. The fourth-order valence-electron chi connectivity index (χ4n) is 4.84. The Balaban J connectivity index is 1.61. The molecule has 0 atom stereocenters. The predicted molar refractivity (Wildman–Crippen MR) is 154 cm³/mol. The number of nitriles is 1. The highest BCUT2D eigenvalue weighted by Gasteiger charge is 2.24. The highest BCUT2D eigenvalue weighted by atomic mass is 19.1. The zero-order chi connectivity index (χ0) is 30.0. The summed E-state index contributed by atoms with van der Waals surface area (Å²) in [5.41, 5.74) is 6.28. The number of pyridine rings is 1. The maximum atomic E-state index is 16.2. The molecule has 5 aromatic rings. The third-order valence-corrected chi connectivity index (χ3v) is 6.85. The number of hydrogen-bond donors (Lipinski definition) is 1. The molecule has 0 radical (unpaired) electrons. The lowest BCUT2D eigenvalue weighted by atomic mass is 10.0. The van der Waals surface area contributed by atoms with Crippen LogP contribution in [0.1, 0.15) is 22.5 Å². The van der Waals surface area contributed by atoms with E-state index in [-0.39, 0.29) is 39.0 Å². The molecule has 0 unspecified atom stereocenters. The quantitative estimate of drug-likeness (QED) is 0.249. The van der Waals surface area contributed by atoms with E-state index in [4.69, 9.17) is 5.73 Å². The van der Waals surface area contributed by atoms with Gasteiger partial charge in [-0.3, -0.25) is 9.78 Å². The highest BCUT2D eigenvalue weighted by molar-refractivity contribution is 6.05. The van der Waals surface area contributed by atoms with Gasteiger partial charge in [0.1, 0.15) is 23.2 Å². The summed E-state index contributed by atoms with van der Waals surface area (Å²) in [6.07, 6.45) is 4.13. The zero-order valence-electron chi connectivity index (χ0n) is 22.9. The molecule has 11 heteroatoms. The molecule has 2 heterocycles. The van der Waals surface area contributed by atoms with Crippen LogP contribution in [0.5, 0.6) is 0 Å². The summed E-state index contributed by atoms with van der Waals surface area (Å²) < 4.78 is 47.1. The van der Waals surface area contributed by atoms with Crippen LogP contribution in [0.4, 0.5) is 24.5 Å². The molecule has 0 fully saturated rings. The summed E-state index contributed by atoms with van der Waals surface area (Å²) in [6, 6.07) is 16.2. The van der Waals surface area contributed by atoms with Crippen LogP contribution in [-0.2, 0) is 0 Å². The molecule has 0 aliphatic rings. The molecule has 212 valence electrons. The van der Waals surface area contributed by atoms with Crippen molar-refractivity contribution in [1.29, 1.82) is 5.26 Å². The number of nitrogens with two attached hydrogens (primary N) is 1. The first kappa shape index (κ1) is 28.3. The zero-order valence-corrected chi connectivity index (χ0v) is 22.9. The van der Waals surface area contributed by atoms with Gasteiger partial charge in [-0.15, -0.1) is 0 Å². The topological polar surface area (TPSA) is 104 Å². The standard InChI is InChI=1S/C31H26F3N7O/c1-39(2)14-3-15-40(20-10-12-37-13-11-20)21-4-6-23(27(33)17-21)24-7-8-25-29(31(36)42)38-41(30(25)28(24)34)22-5-9-26(32)19(16-22)18-35/h4-13,16-17H,3,14-15H2,1-2H3,(H2,36,42). The Labute approximate surface area is 240 Å². The molecule has 3 aromatic carbocycles. The smallest absolute Gasteiger partial charge is 0.269 e. The molecule has 2 aromatic heterocycles. The fraction of sp³-hybridized carbons (Fsp3) is 0.161. The molecule has 1 amide bonds. The molecule has 0 spiro atoms. The van der Waals surface area contributed by atoms with Gasteiger partial charge < -0.3 is 15.5 Å². The van der Waals surface area contributed by atoms with Crippen LogP contribution in [0, 0.1) is 28.8 Å². The summed E-state index contributed by atoms with van der Waals surface area (Å²) in [4.78, 5) is 20.2. The fourth-order valence-corrected chi connectivity index (χ4v) is 4.84. The van der Waals surface area contributed by atoms with E-state index in [1.54, 1.807) is 24.5 Å². The number of hydrogen-bond acceptors (Lipinski definition) is 6. The summed E-state index contributed by atoms with van der Waals surface area (Å²) in [6.45, 7) is 1.44. The Morgan fingerprint density at radius 3 is 2.33 bits per heavy atom. The number of carbonyl (C=O) groups is 1. The normalized spacial score (nSPS) is 11.2. The van der Waals surface area contributed by atoms with Gasteiger partial charge in [-0.1, -0.05) is 6.07 Å². The first-order valence-electron chi connectivity index (χ1n) is 13.0. The molecule has 42 heavy (non-hydrogen) atoms. The van der Waals surface area contributed by atoms with Crippen molar-refractivity contribution < 1.29 is 18.0 Å². The van der Waals surface area contributed by atoms with Crippen molar-refractivity contribution in [1.82, 2.24) is 19.7 Å². The van der Waals surface area contributed by atoms with Crippen LogP contribution in [0.3, 0.4) is 0 Å². The largest absolute Gasteiger partial charge is 0.364 e. The van der Waals surface area contributed by atoms with E-state index in [1.807, 2.05) is 31.1 Å². The minimum atomic E-state index is -0.908. The molecule has 2 N–H and O–H groups in total. The summed E-state index contributed by atoms with van der Waals surface area (Å²) in [5, 5.41) is 13.5. The maximum Gasteiger partial charge on any atom is 0.269 e. The Kier molecular flexibility index (Phi) is 7.91. The van der Waals surface area contributed by atoms with Crippen LogP contribution in [-0.4, -0.2) is 52.8 Å². The van der Waals surface area contributed by atoms with Crippen molar-refractivity contribution in [3.8, 4) is 22.9 Å². The van der Waals surface area contributed by atoms with Crippen molar-refractivity contribution in [3.63, 3.8) is 0 Å². The third kappa shape index (κ3) is 5.40. The van der Waals surface area contributed by atoms with E-state index in [1.165, 1.54) is 36.4 Å². The number of fused-ring (bicyclic) bond motifs is 1. The van der Waals surface area contributed by atoms with Gasteiger partial charge in [-0.2, -0.15) is 10.4 Å². The first-order chi connectivity index (χ1) is 20.2. The molecule has 0 saturated carbocycles. The molecule has 5 rings (SSSR count). The lowest BCUT2D eigenvalue weighted by Crippen LogP contribution is -2.23. The molecular weight excluding hydrogens is 543 g/mol. The van der Waals surface area contributed by atoms with Crippen LogP contribution in [0.2, 0.25) is 0 Å². The number of halogens is 3. The second kappa shape index (κ2) is 11.7. The van der Waals surface area contributed by atoms with Gasteiger partial charge in [-0.05, 0) is 81.7 Å². The van der Waals surface area contributed by atoms with Gasteiger partial charge in [0.15, 0.2) is 11.5 Å². The first-order valence-corrected chi connectivity index (χ1v) is 13.0. The van der Waals surface area contributed by atoms with Crippen molar-refractivity contribution >= 4 is 28.2 Å². The summed E-state index contributed by atoms with van der Waals surface area (Å²) in [5.74, 6) is -3.20. The molecule has 8 nitrogen and oxygen atoms in total. The number of carbonyl (C=O) groups excluding carboxylic acids is 1. The average molecular weight is 570 g/mol. The molecule has 0 aliphatic heterocycles. The van der Waals surface area contributed by atoms with E-state index in [0.29, 0.717) is 12.2 Å². The van der Waals surface area contributed by atoms with Crippen molar-refractivity contribution in [2.24, 2.45) is 5.73 Å². The average Bonchev–Trinajstić information content (AvgIpc) is 3.37. The second-order valence-electron chi connectivity index (χ2n) is 9.90. The number of aromatic nitrogens is 3. The second-order valence-corrected chi connectivity index (χ2v) is 9.90.